The Bertz CT molecular complexity index is 1430. The van der Waals surface area contributed by atoms with Crippen LogP contribution in [0.25, 0.3) is 0 Å². The third-order valence-electron chi connectivity index (χ3n) is 8.01. The van der Waals surface area contributed by atoms with Crippen molar-refractivity contribution in [2.45, 2.75) is 45.4 Å². The molecule has 8 nitrogen and oxygen atoms in total. The smallest absolute Gasteiger partial charge is 0.237 e. The van der Waals surface area contributed by atoms with Crippen molar-refractivity contribution < 1.29 is 24.2 Å². The molecule has 0 saturated carbocycles. The van der Waals surface area contributed by atoms with Gasteiger partial charge in [-0.15, -0.1) is 0 Å². The Balaban J connectivity index is 1.49. The highest BCUT2D eigenvalue weighted by molar-refractivity contribution is 6.30. The number of aliphatic hydroxyl groups is 1. The molecule has 2 amide bonds. The highest BCUT2D eigenvalue weighted by atomic mass is 35.5. The van der Waals surface area contributed by atoms with E-state index in [0.29, 0.717) is 36.2 Å². The summed E-state index contributed by atoms with van der Waals surface area (Å²) in [6.07, 6.45) is 0.175. The molecular weight excluding hydrogens is 554 g/mol. The number of carbonyl (C=O) groups excluding carboxylic acids is 2. The maximum atomic E-state index is 13.8. The van der Waals surface area contributed by atoms with Crippen LogP contribution in [0.1, 0.15) is 55.1 Å². The number of aliphatic hydroxyl groups excluding tert-OH is 1. The normalized spacial score (nSPS) is 18.3. The number of hydrogen-bond acceptors (Lipinski definition) is 6. The summed E-state index contributed by atoms with van der Waals surface area (Å²) in [6.45, 7) is 8.15. The molecule has 2 atom stereocenters. The van der Waals surface area contributed by atoms with Crippen molar-refractivity contribution in [3.63, 3.8) is 0 Å². The molecule has 3 aromatic rings. The zero-order valence-corrected chi connectivity index (χ0v) is 25.3. The van der Waals surface area contributed by atoms with Gasteiger partial charge in [0.2, 0.25) is 11.8 Å². The van der Waals surface area contributed by atoms with Gasteiger partial charge in [-0.05, 0) is 79.4 Å². The molecule has 5 rings (SSSR count). The highest BCUT2D eigenvalue weighted by Crippen LogP contribution is 2.44. The van der Waals surface area contributed by atoms with Gasteiger partial charge in [0.05, 0.1) is 44.9 Å². The lowest BCUT2D eigenvalue weighted by Crippen LogP contribution is -2.51. The van der Waals surface area contributed by atoms with Crippen LogP contribution < -0.4 is 14.4 Å². The summed E-state index contributed by atoms with van der Waals surface area (Å²) in [4.78, 5) is 32.4. The van der Waals surface area contributed by atoms with Crippen molar-refractivity contribution in [2.75, 3.05) is 44.8 Å². The zero-order chi connectivity index (χ0) is 30.0. The zero-order valence-electron chi connectivity index (χ0n) is 24.5. The van der Waals surface area contributed by atoms with Crippen LogP contribution in [0.4, 0.5) is 5.69 Å². The number of halogens is 1. The number of ether oxygens (including phenoxy) is 2. The van der Waals surface area contributed by atoms with Crippen LogP contribution in [0.2, 0.25) is 5.02 Å². The number of anilines is 1. The fourth-order valence-corrected chi connectivity index (χ4v) is 6.03. The summed E-state index contributed by atoms with van der Waals surface area (Å²) < 4.78 is 11.7. The second kappa shape index (κ2) is 12.7. The van der Waals surface area contributed by atoms with Crippen molar-refractivity contribution in [2.24, 2.45) is 0 Å². The van der Waals surface area contributed by atoms with E-state index in [1.807, 2.05) is 96.1 Å². The Morgan fingerprint density at radius 3 is 2.29 bits per heavy atom. The molecule has 2 unspecified atom stereocenters. The topological polar surface area (TPSA) is 82.6 Å². The van der Waals surface area contributed by atoms with Crippen LogP contribution in [0, 0.1) is 0 Å². The number of piperazine rings is 1. The Labute approximate surface area is 252 Å². The standard InChI is InChI=1S/C33H38ClN3O5/c1-21(2)42-30-19-28-25(17-29(30)41-4)18-31(39)37(33(28)24-5-9-26(34)10-6-24)27-11-7-23(8-12-27)22(3)36-14-13-35(15-16-38)20-32(36)40/h5-12,17,19,21-22,33,38H,13-16,18,20H2,1-4H3. The summed E-state index contributed by atoms with van der Waals surface area (Å²) in [6, 6.07) is 18.9. The third kappa shape index (κ3) is 6.11. The molecule has 42 heavy (non-hydrogen) atoms. The Kier molecular flexibility index (Phi) is 9.06. The number of amides is 2. The molecule has 1 N–H and O–H groups in total. The quantitative estimate of drug-likeness (QED) is 0.377. The van der Waals surface area contributed by atoms with Gasteiger partial charge >= 0.3 is 0 Å². The number of fused-ring (bicyclic) bond motifs is 1. The van der Waals surface area contributed by atoms with E-state index < -0.39 is 6.04 Å². The molecule has 0 aliphatic carbocycles. The van der Waals surface area contributed by atoms with E-state index in [0.717, 1.165) is 34.5 Å². The molecule has 9 heteroatoms. The predicted octanol–water partition coefficient (Wildman–Crippen LogP) is 5.01. The van der Waals surface area contributed by atoms with Crippen LogP contribution in [0.15, 0.2) is 60.7 Å². The van der Waals surface area contributed by atoms with Gasteiger partial charge in [-0.1, -0.05) is 35.9 Å². The van der Waals surface area contributed by atoms with Crippen LogP contribution in [-0.2, 0) is 16.0 Å². The van der Waals surface area contributed by atoms with Gasteiger partial charge in [0.1, 0.15) is 0 Å². The maximum Gasteiger partial charge on any atom is 0.237 e. The Morgan fingerprint density at radius 2 is 1.67 bits per heavy atom. The number of hydrogen-bond donors (Lipinski definition) is 1. The second-order valence-electron chi connectivity index (χ2n) is 11.1. The monoisotopic (exact) mass is 591 g/mol. The number of nitrogens with zero attached hydrogens (tertiary/aromatic N) is 3. The van der Waals surface area contributed by atoms with Crippen molar-refractivity contribution in [3.8, 4) is 11.5 Å². The van der Waals surface area contributed by atoms with Crippen LogP contribution >= 0.6 is 11.6 Å². The summed E-state index contributed by atoms with van der Waals surface area (Å²) >= 11 is 6.24. The van der Waals surface area contributed by atoms with E-state index in [9.17, 15) is 14.7 Å². The lowest BCUT2D eigenvalue weighted by molar-refractivity contribution is -0.138. The summed E-state index contributed by atoms with van der Waals surface area (Å²) in [7, 11) is 1.60. The van der Waals surface area contributed by atoms with Crippen molar-refractivity contribution >= 4 is 29.1 Å². The molecule has 222 valence electrons. The molecule has 2 aliphatic heterocycles. The van der Waals surface area contributed by atoms with Crippen molar-refractivity contribution in [3.05, 3.63) is 87.9 Å². The average molecular weight is 592 g/mol. The maximum absolute atomic E-state index is 13.8. The van der Waals surface area contributed by atoms with Crippen molar-refractivity contribution in [1.29, 1.82) is 0 Å². The van der Waals surface area contributed by atoms with Gasteiger partial charge < -0.3 is 24.4 Å². The first kappa shape index (κ1) is 29.9. The lowest BCUT2D eigenvalue weighted by Gasteiger charge is -2.39. The molecule has 2 heterocycles. The molecule has 3 aromatic carbocycles. The average Bonchev–Trinajstić information content (AvgIpc) is 2.97. The predicted molar refractivity (Wildman–Crippen MR) is 163 cm³/mol. The van der Waals surface area contributed by atoms with Crippen molar-refractivity contribution in [1.82, 2.24) is 9.80 Å². The second-order valence-corrected chi connectivity index (χ2v) is 11.6. The van der Waals surface area contributed by atoms with Crippen LogP contribution in [0.5, 0.6) is 11.5 Å². The van der Waals surface area contributed by atoms with E-state index in [4.69, 9.17) is 21.1 Å². The van der Waals surface area contributed by atoms with Gasteiger partial charge in [0.15, 0.2) is 11.5 Å². The molecule has 1 fully saturated rings. The number of benzene rings is 3. The van der Waals surface area contributed by atoms with Gasteiger partial charge in [0, 0.05) is 30.3 Å². The third-order valence-corrected chi connectivity index (χ3v) is 8.26. The number of rotatable bonds is 9. The number of carbonyl (C=O) groups is 2. The van der Waals surface area contributed by atoms with Gasteiger partial charge in [-0.3, -0.25) is 14.5 Å². The molecule has 0 spiro atoms. The fourth-order valence-electron chi connectivity index (χ4n) is 5.90. The molecule has 0 bridgehead atoms. The van der Waals surface area contributed by atoms with E-state index in [-0.39, 0.29) is 37.0 Å². The minimum absolute atomic E-state index is 0.0296. The fraction of sp³-hybridized carbons (Fsp3) is 0.394. The molecule has 2 aliphatic rings. The van der Waals surface area contributed by atoms with Gasteiger partial charge in [-0.25, -0.2) is 0 Å². The summed E-state index contributed by atoms with van der Waals surface area (Å²) in [5.41, 5.74) is 4.55. The first-order chi connectivity index (χ1) is 20.2. The largest absolute Gasteiger partial charge is 0.493 e. The van der Waals surface area contributed by atoms with Gasteiger partial charge in [0.25, 0.3) is 0 Å². The van der Waals surface area contributed by atoms with Crippen LogP contribution in [0.3, 0.4) is 0 Å². The molecule has 1 saturated heterocycles. The Hall–Kier alpha value is -3.59. The van der Waals surface area contributed by atoms with E-state index >= 15 is 0 Å². The van der Waals surface area contributed by atoms with Crippen LogP contribution in [-0.4, -0.2) is 72.7 Å². The molecular formula is C33H38ClN3O5. The van der Waals surface area contributed by atoms with Gasteiger partial charge in [-0.2, -0.15) is 0 Å². The van der Waals surface area contributed by atoms with E-state index in [1.165, 1.54) is 0 Å². The SMILES string of the molecule is COc1cc2c(cc1OC(C)C)C(c1ccc(Cl)cc1)N(c1ccc(C(C)N3CCN(CCO)CC3=O)cc1)C(=O)C2. The Morgan fingerprint density at radius 1 is 0.952 bits per heavy atom. The first-order valence-corrected chi connectivity index (χ1v) is 14.8. The van der Waals surface area contributed by atoms with E-state index in [1.54, 1.807) is 7.11 Å². The minimum Gasteiger partial charge on any atom is -0.493 e. The van der Waals surface area contributed by atoms with E-state index in [2.05, 4.69) is 0 Å². The summed E-state index contributed by atoms with van der Waals surface area (Å²) in [5.74, 6) is 1.25. The first-order valence-electron chi connectivity index (χ1n) is 14.4. The molecule has 0 radical (unpaired) electrons. The summed E-state index contributed by atoms with van der Waals surface area (Å²) in [5, 5.41) is 9.85. The number of methoxy groups -OCH3 is 1. The molecule has 0 aromatic heterocycles. The number of β-amino-alcohol motifs (C(OH)–C–C–N with tert-alkyl or cyclic N) is 1. The lowest BCUT2D eigenvalue weighted by atomic mass is 9.86. The minimum atomic E-state index is -0.400. The highest BCUT2D eigenvalue weighted by Gasteiger charge is 2.36.